The van der Waals surface area contributed by atoms with E-state index in [0.717, 1.165) is 4.90 Å². The molecule has 1 saturated heterocycles. The van der Waals surface area contributed by atoms with E-state index in [9.17, 15) is 19.2 Å². The van der Waals surface area contributed by atoms with E-state index in [-0.39, 0.29) is 24.1 Å². The quantitative estimate of drug-likeness (QED) is 0.618. The zero-order chi connectivity index (χ0) is 15.9. The zero-order valence-corrected chi connectivity index (χ0v) is 11.9. The summed E-state index contributed by atoms with van der Waals surface area (Å²) < 4.78 is 5.07. The number of ether oxygens (including phenoxy) is 1. The molecule has 1 fully saturated rings. The molecule has 0 saturated carbocycles. The number of rotatable bonds is 2. The molecule has 1 aromatic rings. The number of hydrogen-bond donors (Lipinski definition) is 1. The molecule has 7 nitrogen and oxygen atoms in total. The van der Waals surface area contributed by atoms with E-state index in [2.05, 4.69) is 5.32 Å². The van der Waals surface area contributed by atoms with E-state index in [1.54, 1.807) is 24.3 Å². The van der Waals surface area contributed by atoms with Crippen LogP contribution in [-0.2, 0) is 14.3 Å². The number of nitrogens with one attached hydrogen (secondary N) is 1. The van der Waals surface area contributed by atoms with E-state index in [4.69, 9.17) is 4.74 Å². The lowest BCUT2D eigenvalue weighted by Gasteiger charge is -2.33. The highest BCUT2D eigenvalue weighted by molar-refractivity contribution is 6.22. The summed E-state index contributed by atoms with van der Waals surface area (Å²) in [5.74, 6) is -1.88. The van der Waals surface area contributed by atoms with Crippen LogP contribution in [0.15, 0.2) is 24.3 Å². The Morgan fingerprint density at radius 3 is 2.32 bits per heavy atom. The number of nitrogens with zero attached hydrogens (tertiary/aromatic N) is 1. The van der Waals surface area contributed by atoms with Crippen LogP contribution in [0, 0.1) is 0 Å². The van der Waals surface area contributed by atoms with Gasteiger partial charge < -0.3 is 10.1 Å². The van der Waals surface area contributed by atoms with Crippen molar-refractivity contribution in [2.45, 2.75) is 25.5 Å². The Balaban J connectivity index is 1.87. The fourth-order valence-corrected chi connectivity index (χ4v) is 2.81. The maximum Gasteiger partial charge on any atom is 0.302 e. The van der Waals surface area contributed by atoms with Crippen molar-refractivity contribution in [1.82, 2.24) is 10.2 Å². The number of carbonyl (C=O) groups is 4. The summed E-state index contributed by atoms with van der Waals surface area (Å²) >= 11 is 0. The van der Waals surface area contributed by atoms with Crippen molar-refractivity contribution < 1.29 is 23.9 Å². The summed E-state index contributed by atoms with van der Waals surface area (Å²) in [6, 6.07) is 5.47. The number of hydrogen-bond acceptors (Lipinski definition) is 5. The molecule has 2 aliphatic rings. The number of imide groups is 1. The molecule has 0 spiro atoms. The lowest BCUT2D eigenvalue weighted by molar-refractivity contribution is -0.150. The molecule has 2 aliphatic heterocycles. The smallest absolute Gasteiger partial charge is 0.302 e. The Hall–Kier alpha value is -2.70. The molecular weight excluding hydrogens is 288 g/mol. The van der Waals surface area contributed by atoms with Gasteiger partial charge in [-0.3, -0.25) is 24.1 Å². The van der Waals surface area contributed by atoms with Gasteiger partial charge in [0.2, 0.25) is 5.91 Å². The Labute approximate surface area is 126 Å². The van der Waals surface area contributed by atoms with Gasteiger partial charge in [-0.15, -0.1) is 0 Å². The summed E-state index contributed by atoms with van der Waals surface area (Å²) in [5, 5.41) is 2.57. The van der Waals surface area contributed by atoms with Crippen LogP contribution in [0.25, 0.3) is 0 Å². The molecule has 114 valence electrons. The number of benzene rings is 1. The molecule has 3 amide bonds. The van der Waals surface area contributed by atoms with E-state index in [1.165, 1.54) is 6.92 Å². The first-order valence-electron chi connectivity index (χ1n) is 6.91. The van der Waals surface area contributed by atoms with Crippen LogP contribution in [0.3, 0.4) is 0 Å². The third-order valence-electron chi connectivity index (χ3n) is 3.76. The molecule has 0 bridgehead atoms. The Morgan fingerprint density at radius 2 is 1.77 bits per heavy atom. The summed E-state index contributed by atoms with van der Waals surface area (Å²) in [7, 11) is 0. The fraction of sp³-hybridized carbons (Fsp3) is 0.333. The van der Waals surface area contributed by atoms with Gasteiger partial charge in [0.25, 0.3) is 11.8 Å². The zero-order valence-electron chi connectivity index (χ0n) is 11.9. The number of amides is 3. The molecule has 0 aromatic heterocycles. The van der Waals surface area contributed by atoms with Crippen LogP contribution in [0.4, 0.5) is 0 Å². The average Bonchev–Trinajstić information content (AvgIpc) is 2.73. The number of esters is 1. The van der Waals surface area contributed by atoms with Crippen molar-refractivity contribution in [1.29, 1.82) is 0 Å². The third-order valence-corrected chi connectivity index (χ3v) is 3.76. The van der Waals surface area contributed by atoms with Crippen molar-refractivity contribution in [2.24, 2.45) is 0 Å². The highest BCUT2D eigenvalue weighted by Gasteiger charge is 2.45. The van der Waals surface area contributed by atoms with Gasteiger partial charge in [0.15, 0.2) is 0 Å². The number of carbonyl (C=O) groups excluding carboxylic acids is 4. The van der Waals surface area contributed by atoms with Gasteiger partial charge in [-0.05, 0) is 12.1 Å². The van der Waals surface area contributed by atoms with E-state index in [1.807, 2.05) is 0 Å². The number of piperidine rings is 1. The second kappa shape index (κ2) is 5.25. The van der Waals surface area contributed by atoms with Gasteiger partial charge in [0.1, 0.15) is 12.1 Å². The normalized spacial score (nSPS) is 24.0. The molecule has 0 unspecified atom stereocenters. The van der Waals surface area contributed by atoms with E-state index >= 15 is 0 Å². The minimum absolute atomic E-state index is 0.108. The van der Waals surface area contributed by atoms with Crippen LogP contribution in [0.2, 0.25) is 0 Å². The molecular formula is C15H14N2O5. The predicted molar refractivity (Wildman–Crippen MR) is 73.9 cm³/mol. The van der Waals surface area contributed by atoms with Crippen LogP contribution in [-0.4, -0.2) is 47.3 Å². The SMILES string of the molecule is CC(=O)O[C@@H]1CNC(=O)[C@@H](N2C(=O)c3ccccc3C2=O)C1. The highest BCUT2D eigenvalue weighted by Crippen LogP contribution is 2.27. The van der Waals surface area contributed by atoms with Gasteiger partial charge in [-0.25, -0.2) is 0 Å². The van der Waals surface area contributed by atoms with Gasteiger partial charge >= 0.3 is 5.97 Å². The number of fused-ring (bicyclic) bond motifs is 1. The molecule has 7 heteroatoms. The lowest BCUT2D eigenvalue weighted by Crippen LogP contribution is -2.57. The first-order chi connectivity index (χ1) is 10.5. The summed E-state index contributed by atoms with van der Waals surface area (Å²) in [6.45, 7) is 1.45. The first-order valence-corrected chi connectivity index (χ1v) is 6.91. The van der Waals surface area contributed by atoms with Crippen LogP contribution in [0.1, 0.15) is 34.1 Å². The van der Waals surface area contributed by atoms with E-state index < -0.39 is 35.8 Å². The Kier molecular flexibility index (Phi) is 3.40. The first kappa shape index (κ1) is 14.2. The maximum absolute atomic E-state index is 12.4. The molecule has 0 radical (unpaired) electrons. The summed E-state index contributed by atoms with van der Waals surface area (Å²) in [5.41, 5.74) is 0.574. The lowest BCUT2D eigenvalue weighted by atomic mass is 10.0. The van der Waals surface area contributed by atoms with Crippen molar-refractivity contribution in [3.05, 3.63) is 35.4 Å². The minimum Gasteiger partial charge on any atom is -0.461 e. The maximum atomic E-state index is 12.4. The molecule has 1 aromatic carbocycles. The van der Waals surface area contributed by atoms with Crippen molar-refractivity contribution in [2.75, 3.05) is 6.54 Å². The van der Waals surface area contributed by atoms with Gasteiger partial charge in [0.05, 0.1) is 17.7 Å². The monoisotopic (exact) mass is 302 g/mol. The van der Waals surface area contributed by atoms with E-state index in [0.29, 0.717) is 0 Å². The molecule has 2 heterocycles. The average molecular weight is 302 g/mol. The standard InChI is InChI=1S/C15H14N2O5/c1-8(18)22-9-6-12(13(19)16-7-9)17-14(20)10-4-2-3-5-11(10)15(17)21/h2-5,9,12H,6-7H2,1H3,(H,16,19)/t9-,12-/m0/s1. The third kappa shape index (κ3) is 2.24. The molecule has 22 heavy (non-hydrogen) atoms. The molecule has 2 atom stereocenters. The van der Waals surface area contributed by atoms with Gasteiger partial charge in [0, 0.05) is 13.3 Å². The van der Waals surface area contributed by atoms with Crippen LogP contribution < -0.4 is 5.32 Å². The predicted octanol–water partition coefficient (Wildman–Crippen LogP) is 0.103. The topological polar surface area (TPSA) is 92.8 Å². The van der Waals surface area contributed by atoms with Crippen molar-refractivity contribution >= 4 is 23.7 Å². The fourth-order valence-electron chi connectivity index (χ4n) is 2.81. The Morgan fingerprint density at radius 1 is 1.18 bits per heavy atom. The van der Waals surface area contributed by atoms with Gasteiger partial charge in [-0.1, -0.05) is 12.1 Å². The highest BCUT2D eigenvalue weighted by atomic mass is 16.5. The van der Waals surface area contributed by atoms with Crippen LogP contribution in [0.5, 0.6) is 0 Å². The second-order valence-corrected chi connectivity index (χ2v) is 5.25. The second-order valence-electron chi connectivity index (χ2n) is 5.25. The minimum atomic E-state index is -0.967. The van der Waals surface area contributed by atoms with Crippen molar-refractivity contribution in [3.63, 3.8) is 0 Å². The molecule has 0 aliphatic carbocycles. The van der Waals surface area contributed by atoms with Crippen LogP contribution >= 0.6 is 0 Å². The van der Waals surface area contributed by atoms with Gasteiger partial charge in [-0.2, -0.15) is 0 Å². The van der Waals surface area contributed by atoms with Crippen molar-refractivity contribution in [3.8, 4) is 0 Å². The summed E-state index contributed by atoms with van der Waals surface area (Å²) in [4.78, 5) is 48.9. The molecule has 1 N–H and O–H groups in total. The summed E-state index contributed by atoms with van der Waals surface area (Å²) in [6.07, 6.45) is -0.443. The molecule has 3 rings (SSSR count). The largest absolute Gasteiger partial charge is 0.461 e. The Bertz CT molecular complexity index is 649.